The van der Waals surface area contributed by atoms with E-state index in [1.807, 2.05) is 0 Å². The van der Waals surface area contributed by atoms with Crippen LogP contribution >= 0.6 is 11.6 Å². The van der Waals surface area contributed by atoms with Crippen molar-refractivity contribution < 1.29 is 31.1 Å². The second-order valence-corrected chi connectivity index (χ2v) is 8.43. The van der Waals surface area contributed by atoms with Gasteiger partial charge in [-0.2, -0.15) is 13.2 Å². The molecule has 1 aromatic heterocycles. The Bertz CT molecular complexity index is 1190. The number of fused-ring (bicyclic) bond motifs is 1. The Morgan fingerprint density at radius 3 is 2.52 bits per heavy atom. The highest BCUT2D eigenvalue weighted by Gasteiger charge is 2.32. The molecule has 0 atom stereocenters. The molecule has 1 heterocycles. The van der Waals surface area contributed by atoms with E-state index >= 15 is 0 Å². The van der Waals surface area contributed by atoms with Crippen molar-refractivity contribution in [2.24, 2.45) is 0 Å². The van der Waals surface area contributed by atoms with E-state index in [0.29, 0.717) is 16.5 Å². The first-order valence-electron chi connectivity index (χ1n) is 8.33. The van der Waals surface area contributed by atoms with Crippen molar-refractivity contribution in [3.63, 3.8) is 0 Å². The molecule has 29 heavy (non-hydrogen) atoms. The Kier molecular flexibility index (Phi) is 5.64. The smallest absolute Gasteiger partial charge is 0.416 e. The van der Waals surface area contributed by atoms with Crippen LogP contribution in [-0.4, -0.2) is 25.5 Å². The number of rotatable bonds is 5. The molecule has 0 bridgehead atoms. The summed E-state index contributed by atoms with van der Waals surface area (Å²) in [4.78, 5) is 11.0. The summed E-state index contributed by atoms with van der Waals surface area (Å²) in [7, 11) is -3.18. The summed E-state index contributed by atoms with van der Waals surface area (Å²) < 4.78 is 71.2. The third-order valence-electron chi connectivity index (χ3n) is 4.30. The van der Waals surface area contributed by atoms with Gasteiger partial charge in [0.05, 0.1) is 29.5 Å². The third kappa shape index (κ3) is 4.25. The van der Waals surface area contributed by atoms with Crippen molar-refractivity contribution in [1.29, 1.82) is 0 Å². The lowest BCUT2D eigenvalue weighted by Crippen LogP contribution is -2.17. The molecule has 0 amide bonds. The molecule has 2 aromatic carbocycles. The molecule has 0 N–H and O–H groups in total. The highest BCUT2D eigenvalue weighted by Crippen LogP contribution is 2.33. The number of aromatic nitrogens is 1. The van der Waals surface area contributed by atoms with Crippen molar-refractivity contribution >= 4 is 38.5 Å². The molecule has 0 unspecified atom stereocenters. The number of alkyl halides is 3. The lowest BCUT2D eigenvalue weighted by atomic mass is 10.2. The van der Waals surface area contributed by atoms with Crippen molar-refractivity contribution in [1.82, 2.24) is 3.97 Å². The Balaban J connectivity index is 2.20. The van der Waals surface area contributed by atoms with E-state index in [0.717, 1.165) is 22.2 Å². The number of methoxy groups -OCH3 is 1. The van der Waals surface area contributed by atoms with E-state index in [4.69, 9.17) is 11.6 Å². The Hall–Kier alpha value is -2.52. The van der Waals surface area contributed by atoms with Crippen LogP contribution in [0.4, 0.5) is 13.2 Å². The van der Waals surface area contributed by atoms with Crippen LogP contribution in [0.25, 0.3) is 10.9 Å². The monoisotopic (exact) mass is 445 g/mol. The summed E-state index contributed by atoms with van der Waals surface area (Å²) in [5.74, 6) is -0.545. The molecule has 3 rings (SSSR count). The Labute approximate surface area is 169 Å². The topological polar surface area (TPSA) is 65.4 Å². The van der Waals surface area contributed by atoms with E-state index in [1.54, 1.807) is 0 Å². The summed E-state index contributed by atoms with van der Waals surface area (Å²) in [5.41, 5.74) is -0.606. The van der Waals surface area contributed by atoms with Gasteiger partial charge in [0.25, 0.3) is 10.0 Å². The van der Waals surface area contributed by atoms with Crippen molar-refractivity contribution in [3.8, 4) is 0 Å². The number of halogens is 4. The molecule has 3 aromatic rings. The van der Waals surface area contributed by atoms with Crippen LogP contribution in [0.3, 0.4) is 0 Å². The maximum Gasteiger partial charge on any atom is 0.416 e. The van der Waals surface area contributed by atoms with Crippen molar-refractivity contribution in [2.45, 2.75) is 23.9 Å². The quantitative estimate of drug-likeness (QED) is 0.536. The van der Waals surface area contributed by atoms with E-state index in [2.05, 4.69) is 4.74 Å². The fourth-order valence-corrected chi connectivity index (χ4v) is 4.74. The summed E-state index contributed by atoms with van der Waals surface area (Å²) in [5, 5.41) is 0.846. The number of nitrogens with zero attached hydrogens (tertiary/aromatic N) is 1. The molecular weight excluding hydrogens is 431 g/mol. The zero-order valence-corrected chi connectivity index (χ0v) is 16.6. The van der Waals surface area contributed by atoms with Gasteiger partial charge in [0.15, 0.2) is 0 Å². The average Bonchev–Trinajstić information content (AvgIpc) is 3.03. The fourth-order valence-electron chi connectivity index (χ4n) is 2.95. The molecule has 0 saturated heterocycles. The largest absolute Gasteiger partial charge is 0.469 e. The van der Waals surface area contributed by atoms with Crippen LogP contribution in [-0.2, 0) is 32.2 Å². The summed E-state index contributed by atoms with van der Waals surface area (Å²) in [6.07, 6.45) is -4.78. The molecule has 154 valence electrons. The number of esters is 1. The molecule has 0 fully saturated rings. The van der Waals surface area contributed by atoms with Crippen molar-refractivity contribution in [3.05, 3.63) is 64.8 Å². The van der Waals surface area contributed by atoms with Crippen LogP contribution in [0, 0.1) is 0 Å². The number of carbonyl (C=O) groups excluding carboxylic acids is 1. The molecule has 0 aliphatic rings. The predicted octanol–water partition coefficient (Wildman–Crippen LogP) is 4.66. The molecule has 0 aliphatic carbocycles. The van der Waals surface area contributed by atoms with Gasteiger partial charge in [0, 0.05) is 16.1 Å². The van der Waals surface area contributed by atoms with Gasteiger partial charge < -0.3 is 4.74 Å². The highest BCUT2D eigenvalue weighted by molar-refractivity contribution is 7.90. The van der Waals surface area contributed by atoms with E-state index in [1.165, 1.54) is 31.4 Å². The van der Waals surface area contributed by atoms with Gasteiger partial charge in [-0.05, 0) is 48.9 Å². The van der Waals surface area contributed by atoms with Gasteiger partial charge in [0.1, 0.15) is 0 Å². The highest BCUT2D eigenvalue weighted by atomic mass is 35.5. The number of hydrogen-bond donors (Lipinski definition) is 0. The van der Waals surface area contributed by atoms with Crippen LogP contribution < -0.4 is 0 Å². The Morgan fingerprint density at radius 2 is 1.86 bits per heavy atom. The first kappa shape index (κ1) is 21.2. The van der Waals surface area contributed by atoms with Crippen molar-refractivity contribution in [2.75, 3.05) is 7.11 Å². The Morgan fingerprint density at radius 1 is 1.14 bits per heavy atom. The number of benzene rings is 2. The van der Waals surface area contributed by atoms with Crippen LogP contribution in [0.15, 0.2) is 53.4 Å². The average molecular weight is 446 g/mol. The van der Waals surface area contributed by atoms with E-state index in [-0.39, 0.29) is 24.1 Å². The zero-order chi connectivity index (χ0) is 21.4. The number of hydrogen-bond acceptors (Lipinski definition) is 4. The van der Waals surface area contributed by atoms with Gasteiger partial charge >= 0.3 is 12.1 Å². The van der Waals surface area contributed by atoms with E-state index in [9.17, 15) is 26.4 Å². The fraction of sp³-hybridized carbons (Fsp3) is 0.211. The second-order valence-electron chi connectivity index (χ2n) is 6.21. The number of ether oxygens (including phenoxy) is 1. The van der Waals surface area contributed by atoms with Gasteiger partial charge in [-0.1, -0.05) is 17.7 Å². The first-order chi connectivity index (χ1) is 13.5. The molecule has 0 radical (unpaired) electrons. The minimum absolute atomic E-state index is 0.0111. The van der Waals surface area contributed by atoms with E-state index < -0.39 is 32.6 Å². The predicted molar refractivity (Wildman–Crippen MR) is 101 cm³/mol. The van der Waals surface area contributed by atoms with Crippen LogP contribution in [0.2, 0.25) is 5.02 Å². The molecule has 0 saturated carbocycles. The van der Waals surface area contributed by atoms with Gasteiger partial charge in [-0.25, -0.2) is 12.4 Å². The molecule has 5 nitrogen and oxygen atoms in total. The normalized spacial score (nSPS) is 12.3. The third-order valence-corrected chi connectivity index (χ3v) is 6.30. The lowest BCUT2D eigenvalue weighted by molar-refractivity contribution is -0.140. The van der Waals surface area contributed by atoms with Crippen LogP contribution in [0.1, 0.15) is 17.7 Å². The first-order valence-corrected chi connectivity index (χ1v) is 10.2. The lowest BCUT2D eigenvalue weighted by Gasteiger charge is -2.14. The zero-order valence-electron chi connectivity index (χ0n) is 15.0. The number of carbonyl (C=O) groups is 1. The molecule has 0 aliphatic heterocycles. The summed E-state index contributed by atoms with van der Waals surface area (Å²) in [6, 6.07) is 9.53. The summed E-state index contributed by atoms with van der Waals surface area (Å²) >= 11 is 5.97. The minimum atomic E-state index is -4.69. The van der Waals surface area contributed by atoms with Gasteiger partial charge in [0.2, 0.25) is 0 Å². The molecular formula is C19H15ClF3NO4S. The maximum absolute atomic E-state index is 13.3. The molecule has 10 heteroatoms. The standard InChI is InChI=1S/C19H15ClF3NO4S/c1-28-18(25)8-6-15-10-12-9-14(20)5-7-17(12)24(15)29(26,27)16-4-2-3-13(11-16)19(21,22)23/h2-5,7,9-11H,6,8H2,1H3. The summed E-state index contributed by atoms with van der Waals surface area (Å²) in [6.45, 7) is 0. The minimum Gasteiger partial charge on any atom is -0.469 e. The number of aryl methyl sites for hydroxylation is 1. The SMILES string of the molecule is COC(=O)CCc1cc2cc(Cl)ccc2n1S(=O)(=O)c1cccc(C(F)(F)F)c1. The second kappa shape index (κ2) is 7.72. The van der Waals surface area contributed by atoms with Gasteiger partial charge in [-0.15, -0.1) is 0 Å². The maximum atomic E-state index is 13.3. The van der Waals surface area contributed by atoms with Gasteiger partial charge in [-0.3, -0.25) is 4.79 Å². The molecule has 0 spiro atoms. The van der Waals surface area contributed by atoms with Crippen LogP contribution in [0.5, 0.6) is 0 Å².